The first-order chi connectivity index (χ1) is 6.72. The lowest BCUT2D eigenvalue weighted by atomic mass is 10.2. The molecule has 0 amide bonds. The molecule has 0 fully saturated rings. The molecule has 2 aromatic rings. The van der Waals surface area contributed by atoms with Crippen molar-refractivity contribution in [1.29, 1.82) is 0 Å². The molecule has 74 valence electrons. The van der Waals surface area contributed by atoms with E-state index in [1.165, 1.54) is 0 Å². The molecule has 0 unspecified atom stereocenters. The number of aryl methyl sites for hydroxylation is 2. The zero-order chi connectivity index (χ0) is 10.1. The Kier molecular flexibility index (Phi) is 2.11. The molecule has 2 aromatic heterocycles. The molecule has 0 aliphatic carbocycles. The van der Waals surface area contributed by atoms with Gasteiger partial charge >= 0.3 is 0 Å². The van der Waals surface area contributed by atoms with Gasteiger partial charge in [0.15, 0.2) is 5.65 Å². The second-order valence-electron chi connectivity index (χ2n) is 3.47. The monoisotopic (exact) mass is 190 g/mol. The maximum atomic E-state index is 5.98. The van der Waals surface area contributed by atoms with Crippen molar-refractivity contribution in [1.82, 2.24) is 14.6 Å². The minimum absolute atomic E-state index is 0.713. The summed E-state index contributed by atoms with van der Waals surface area (Å²) in [5, 5.41) is 4.28. The van der Waals surface area contributed by atoms with E-state index in [0.717, 1.165) is 29.7 Å². The minimum atomic E-state index is 0.713. The quantitative estimate of drug-likeness (QED) is 0.782. The Morgan fingerprint density at radius 3 is 3.00 bits per heavy atom. The normalized spacial score (nSPS) is 11.0. The Balaban J connectivity index is 2.61. The summed E-state index contributed by atoms with van der Waals surface area (Å²) in [7, 11) is 0. The molecule has 4 nitrogen and oxygen atoms in total. The van der Waals surface area contributed by atoms with E-state index in [0.29, 0.717) is 5.82 Å². The highest BCUT2D eigenvalue weighted by Crippen LogP contribution is 2.14. The van der Waals surface area contributed by atoms with Crippen molar-refractivity contribution < 1.29 is 0 Å². The summed E-state index contributed by atoms with van der Waals surface area (Å²) >= 11 is 0. The van der Waals surface area contributed by atoms with Gasteiger partial charge in [-0.05, 0) is 13.3 Å². The fourth-order valence-corrected chi connectivity index (χ4v) is 1.56. The summed E-state index contributed by atoms with van der Waals surface area (Å²) in [6.45, 7) is 4.06. The lowest BCUT2D eigenvalue weighted by Crippen LogP contribution is -2.04. The van der Waals surface area contributed by atoms with Crippen molar-refractivity contribution in [2.75, 3.05) is 5.73 Å². The van der Waals surface area contributed by atoms with Crippen LogP contribution in [0.15, 0.2) is 12.3 Å². The number of nitrogens with zero attached hydrogens (tertiary/aromatic N) is 3. The SMILES string of the molecule is CCCc1cnc2cc(C)nn2c1N. The Morgan fingerprint density at radius 1 is 1.50 bits per heavy atom. The van der Waals surface area contributed by atoms with E-state index >= 15 is 0 Å². The van der Waals surface area contributed by atoms with Crippen LogP contribution in [0.2, 0.25) is 0 Å². The van der Waals surface area contributed by atoms with Crippen LogP contribution in [0.4, 0.5) is 5.82 Å². The first kappa shape index (κ1) is 8.99. The van der Waals surface area contributed by atoms with E-state index in [-0.39, 0.29) is 0 Å². The third-order valence-corrected chi connectivity index (χ3v) is 2.24. The third-order valence-electron chi connectivity index (χ3n) is 2.24. The number of aromatic nitrogens is 3. The molecule has 4 heteroatoms. The van der Waals surface area contributed by atoms with Crippen LogP contribution in [0, 0.1) is 6.92 Å². The lowest BCUT2D eigenvalue weighted by Gasteiger charge is -2.04. The fraction of sp³-hybridized carbons (Fsp3) is 0.400. The molecule has 0 aromatic carbocycles. The summed E-state index contributed by atoms with van der Waals surface area (Å²) in [5.41, 5.74) is 8.81. The second kappa shape index (κ2) is 3.29. The van der Waals surface area contributed by atoms with Crippen LogP contribution in [-0.4, -0.2) is 14.6 Å². The van der Waals surface area contributed by atoms with Gasteiger partial charge in [-0.1, -0.05) is 13.3 Å². The van der Waals surface area contributed by atoms with Crippen molar-refractivity contribution >= 4 is 11.5 Å². The minimum Gasteiger partial charge on any atom is -0.383 e. The maximum absolute atomic E-state index is 5.98. The van der Waals surface area contributed by atoms with Crippen LogP contribution in [0.1, 0.15) is 24.6 Å². The van der Waals surface area contributed by atoms with Crippen molar-refractivity contribution in [3.63, 3.8) is 0 Å². The van der Waals surface area contributed by atoms with E-state index in [2.05, 4.69) is 17.0 Å². The highest BCUT2D eigenvalue weighted by atomic mass is 15.3. The predicted octanol–water partition coefficient (Wildman–Crippen LogP) is 1.57. The molecule has 2 heterocycles. The van der Waals surface area contributed by atoms with Gasteiger partial charge in [-0.3, -0.25) is 0 Å². The van der Waals surface area contributed by atoms with Gasteiger partial charge in [-0.2, -0.15) is 9.61 Å². The second-order valence-corrected chi connectivity index (χ2v) is 3.47. The Labute approximate surface area is 82.8 Å². The summed E-state index contributed by atoms with van der Waals surface area (Å²) in [5.74, 6) is 0.713. The highest BCUT2D eigenvalue weighted by molar-refractivity contribution is 5.50. The number of fused-ring (bicyclic) bond motifs is 1. The van der Waals surface area contributed by atoms with E-state index in [4.69, 9.17) is 5.73 Å². The van der Waals surface area contributed by atoms with E-state index in [1.807, 2.05) is 19.2 Å². The first-order valence-electron chi connectivity index (χ1n) is 4.82. The van der Waals surface area contributed by atoms with E-state index in [9.17, 15) is 0 Å². The molecule has 0 spiro atoms. The summed E-state index contributed by atoms with van der Waals surface area (Å²) in [4.78, 5) is 4.30. The van der Waals surface area contributed by atoms with Crippen LogP contribution in [0.3, 0.4) is 0 Å². The van der Waals surface area contributed by atoms with E-state index in [1.54, 1.807) is 4.52 Å². The van der Waals surface area contributed by atoms with Crippen LogP contribution >= 0.6 is 0 Å². The molecule has 2 rings (SSSR count). The molecule has 0 saturated heterocycles. The topological polar surface area (TPSA) is 56.2 Å². The van der Waals surface area contributed by atoms with Gasteiger partial charge in [-0.25, -0.2) is 4.98 Å². The van der Waals surface area contributed by atoms with Crippen LogP contribution < -0.4 is 5.73 Å². The molecule has 0 aliphatic rings. The highest BCUT2D eigenvalue weighted by Gasteiger charge is 2.06. The molecule has 2 N–H and O–H groups in total. The average molecular weight is 190 g/mol. The molecule has 0 atom stereocenters. The van der Waals surface area contributed by atoms with Crippen LogP contribution in [0.5, 0.6) is 0 Å². The van der Waals surface area contributed by atoms with Gasteiger partial charge < -0.3 is 5.73 Å². The smallest absolute Gasteiger partial charge is 0.157 e. The Bertz CT molecular complexity index is 458. The Morgan fingerprint density at radius 2 is 2.29 bits per heavy atom. The summed E-state index contributed by atoms with van der Waals surface area (Å²) < 4.78 is 1.71. The van der Waals surface area contributed by atoms with Crippen LogP contribution in [-0.2, 0) is 6.42 Å². The van der Waals surface area contributed by atoms with Crippen LogP contribution in [0.25, 0.3) is 5.65 Å². The van der Waals surface area contributed by atoms with Gasteiger partial charge in [0.05, 0.1) is 5.69 Å². The van der Waals surface area contributed by atoms with E-state index < -0.39 is 0 Å². The fourth-order valence-electron chi connectivity index (χ4n) is 1.56. The van der Waals surface area contributed by atoms with Gasteiger partial charge in [0, 0.05) is 17.8 Å². The molecule has 0 saturated carbocycles. The van der Waals surface area contributed by atoms with Gasteiger partial charge in [0.2, 0.25) is 0 Å². The lowest BCUT2D eigenvalue weighted by molar-refractivity contribution is 0.868. The molecule has 0 bridgehead atoms. The zero-order valence-corrected chi connectivity index (χ0v) is 8.49. The first-order valence-corrected chi connectivity index (χ1v) is 4.82. The number of nitrogens with two attached hydrogens (primary N) is 1. The maximum Gasteiger partial charge on any atom is 0.157 e. The molecular formula is C10H14N4. The number of hydrogen-bond donors (Lipinski definition) is 1. The van der Waals surface area contributed by atoms with Crippen molar-refractivity contribution in [3.05, 3.63) is 23.5 Å². The van der Waals surface area contributed by atoms with Gasteiger partial charge in [-0.15, -0.1) is 0 Å². The number of nitrogen functional groups attached to an aromatic ring is 1. The molecule has 14 heavy (non-hydrogen) atoms. The third kappa shape index (κ3) is 1.32. The zero-order valence-electron chi connectivity index (χ0n) is 8.49. The largest absolute Gasteiger partial charge is 0.383 e. The summed E-state index contributed by atoms with van der Waals surface area (Å²) in [6.07, 6.45) is 3.86. The number of rotatable bonds is 2. The average Bonchev–Trinajstić information content (AvgIpc) is 2.52. The Hall–Kier alpha value is -1.58. The van der Waals surface area contributed by atoms with Crippen molar-refractivity contribution in [3.8, 4) is 0 Å². The van der Waals surface area contributed by atoms with Gasteiger partial charge in [0.25, 0.3) is 0 Å². The molecule has 0 radical (unpaired) electrons. The molecular weight excluding hydrogens is 176 g/mol. The van der Waals surface area contributed by atoms with Gasteiger partial charge in [0.1, 0.15) is 5.82 Å². The standard InChI is InChI=1S/C10H14N4/c1-3-4-8-6-12-9-5-7(2)13-14(9)10(8)11/h5-6H,3-4,11H2,1-2H3. The summed E-state index contributed by atoms with van der Waals surface area (Å²) in [6, 6.07) is 1.92. The number of anilines is 1. The predicted molar refractivity (Wildman–Crippen MR) is 56.1 cm³/mol. The van der Waals surface area contributed by atoms with Crippen molar-refractivity contribution in [2.24, 2.45) is 0 Å². The van der Waals surface area contributed by atoms with Crippen molar-refractivity contribution in [2.45, 2.75) is 26.7 Å². The molecule has 0 aliphatic heterocycles. The number of hydrogen-bond acceptors (Lipinski definition) is 3.